The van der Waals surface area contributed by atoms with Crippen molar-refractivity contribution >= 4 is 0 Å². The van der Waals surface area contributed by atoms with E-state index in [2.05, 4.69) is 5.10 Å². The molecule has 1 aliphatic carbocycles. The van der Waals surface area contributed by atoms with Gasteiger partial charge in [0.05, 0.1) is 11.4 Å². The van der Waals surface area contributed by atoms with E-state index in [9.17, 15) is 0 Å². The Kier molecular flexibility index (Phi) is 3.20. The molecule has 0 radical (unpaired) electrons. The SMILES string of the molecule is N#CCOc1nn(-c2ccccc2)c2c1CCCC2. The lowest BCUT2D eigenvalue weighted by molar-refractivity contribution is 0.346. The number of rotatable bonds is 3. The van der Waals surface area contributed by atoms with Crippen LogP contribution in [0.4, 0.5) is 0 Å². The van der Waals surface area contributed by atoms with E-state index in [0.717, 1.165) is 24.9 Å². The van der Waals surface area contributed by atoms with Crippen molar-refractivity contribution in [3.8, 4) is 17.6 Å². The molecular formula is C15H15N3O. The molecule has 1 heterocycles. The molecule has 0 amide bonds. The highest BCUT2D eigenvalue weighted by atomic mass is 16.5. The minimum atomic E-state index is 0.0538. The molecular weight excluding hydrogens is 238 g/mol. The van der Waals surface area contributed by atoms with Crippen LogP contribution in [0, 0.1) is 11.3 Å². The third kappa shape index (κ3) is 2.19. The topological polar surface area (TPSA) is 50.8 Å². The van der Waals surface area contributed by atoms with E-state index in [-0.39, 0.29) is 6.61 Å². The van der Waals surface area contributed by atoms with E-state index in [1.807, 2.05) is 41.1 Å². The Morgan fingerprint density at radius 1 is 1.21 bits per heavy atom. The highest BCUT2D eigenvalue weighted by Gasteiger charge is 2.22. The van der Waals surface area contributed by atoms with Gasteiger partial charge < -0.3 is 4.74 Å². The van der Waals surface area contributed by atoms with E-state index in [4.69, 9.17) is 10.00 Å². The molecule has 0 atom stereocenters. The molecule has 1 aromatic heterocycles. The summed E-state index contributed by atoms with van der Waals surface area (Å²) in [6, 6.07) is 12.1. The summed E-state index contributed by atoms with van der Waals surface area (Å²) in [7, 11) is 0. The highest BCUT2D eigenvalue weighted by molar-refractivity contribution is 5.41. The molecule has 3 rings (SSSR count). The van der Waals surface area contributed by atoms with Crippen LogP contribution in [0.1, 0.15) is 24.1 Å². The Labute approximate surface area is 112 Å². The van der Waals surface area contributed by atoms with E-state index < -0.39 is 0 Å². The van der Waals surface area contributed by atoms with Gasteiger partial charge in [0.2, 0.25) is 5.88 Å². The molecule has 4 heteroatoms. The second-order valence-electron chi connectivity index (χ2n) is 4.63. The van der Waals surface area contributed by atoms with Crippen molar-refractivity contribution in [2.75, 3.05) is 6.61 Å². The summed E-state index contributed by atoms with van der Waals surface area (Å²) < 4.78 is 7.42. The molecule has 0 aliphatic heterocycles. The Bertz CT molecular complexity index is 610. The zero-order valence-corrected chi connectivity index (χ0v) is 10.7. The lowest BCUT2D eigenvalue weighted by atomic mass is 9.97. The smallest absolute Gasteiger partial charge is 0.237 e. The lowest BCUT2D eigenvalue weighted by Crippen LogP contribution is -2.07. The second-order valence-corrected chi connectivity index (χ2v) is 4.63. The second kappa shape index (κ2) is 5.15. The van der Waals surface area contributed by atoms with Crippen LogP contribution in [0.15, 0.2) is 30.3 Å². The Morgan fingerprint density at radius 2 is 2.00 bits per heavy atom. The molecule has 96 valence electrons. The van der Waals surface area contributed by atoms with Gasteiger partial charge in [0.1, 0.15) is 6.07 Å². The zero-order chi connectivity index (χ0) is 13.1. The number of nitriles is 1. The third-order valence-electron chi connectivity index (χ3n) is 3.42. The van der Waals surface area contributed by atoms with Crippen LogP contribution in [-0.2, 0) is 12.8 Å². The van der Waals surface area contributed by atoms with Gasteiger partial charge in [0.25, 0.3) is 0 Å². The Hall–Kier alpha value is -2.28. The van der Waals surface area contributed by atoms with E-state index in [1.54, 1.807) is 0 Å². The van der Waals surface area contributed by atoms with E-state index in [0.29, 0.717) is 5.88 Å². The van der Waals surface area contributed by atoms with Gasteiger partial charge in [-0.3, -0.25) is 0 Å². The molecule has 0 saturated carbocycles. The fourth-order valence-corrected chi connectivity index (χ4v) is 2.56. The van der Waals surface area contributed by atoms with Gasteiger partial charge in [-0.1, -0.05) is 18.2 Å². The first kappa shape index (κ1) is 11.8. The summed E-state index contributed by atoms with van der Waals surface area (Å²) in [5, 5.41) is 13.2. The summed E-state index contributed by atoms with van der Waals surface area (Å²) in [4.78, 5) is 0. The van der Waals surface area contributed by atoms with E-state index >= 15 is 0 Å². The van der Waals surface area contributed by atoms with Crippen molar-refractivity contribution in [1.82, 2.24) is 9.78 Å². The van der Waals surface area contributed by atoms with Crippen LogP contribution in [0.3, 0.4) is 0 Å². The van der Waals surface area contributed by atoms with Gasteiger partial charge in [0, 0.05) is 5.56 Å². The van der Waals surface area contributed by atoms with Crippen LogP contribution >= 0.6 is 0 Å². The number of nitrogens with zero attached hydrogens (tertiary/aromatic N) is 3. The fourth-order valence-electron chi connectivity index (χ4n) is 2.56. The number of fused-ring (bicyclic) bond motifs is 1. The minimum Gasteiger partial charge on any atom is -0.461 e. The largest absolute Gasteiger partial charge is 0.461 e. The van der Waals surface area contributed by atoms with E-state index in [1.165, 1.54) is 17.7 Å². The standard InChI is InChI=1S/C15H15N3O/c16-10-11-19-15-13-8-4-5-9-14(13)18(17-15)12-6-2-1-3-7-12/h1-3,6-7H,4-5,8-9,11H2. The summed E-state index contributed by atoms with van der Waals surface area (Å²) >= 11 is 0. The van der Waals surface area contributed by atoms with Crippen molar-refractivity contribution < 1.29 is 4.74 Å². The lowest BCUT2D eigenvalue weighted by Gasteiger charge is -2.13. The third-order valence-corrected chi connectivity index (χ3v) is 3.42. The molecule has 4 nitrogen and oxygen atoms in total. The Balaban J connectivity index is 2.05. The van der Waals surface area contributed by atoms with Crippen LogP contribution in [0.5, 0.6) is 5.88 Å². The van der Waals surface area contributed by atoms with Gasteiger partial charge in [-0.2, -0.15) is 5.26 Å². The van der Waals surface area contributed by atoms with Crippen molar-refractivity contribution in [3.05, 3.63) is 41.6 Å². The van der Waals surface area contributed by atoms with Gasteiger partial charge >= 0.3 is 0 Å². The molecule has 0 unspecified atom stereocenters. The fraction of sp³-hybridized carbons (Fsp3) is 0.333. The minimum absolute atomic E-state index is 0.0538. The normalized spacial score (nSPS) is 13.6. The monoisotopic (exact) mass is 253 g/mol. The van der Waals surface area contributed by atoms with Gasteiger partial charge in [-0.25, -0.2) is 4.68 Å². The molecule has 0 bridgehead atoms. The first-order valence-corrected chi connectivity index (χ1v) is 6.56. The molecule has 2 aromatic rings. The molecule has 19 heavy (non-hydrogen) atoms. The number of hydrogen-bond acceptors (Lipinski definition) is 3. The number of ether oxygens (including phenoxy) is 1. The van der Waals surface area contributed by atoms with Gasteiger partial charge in [-0.05, 0) is 37.8 Å². The van der Waals surface area contributed by atoms with Gasteiger partial charge in [-0.15, -0.1) is 5.10 Å². The molecule has 0 N–H and O–H groups in total. The molecule has 0 saturated heterocycles. The number of para-hydroxylation sites is 1. The first-order valence-electron chi connectivity index (χ1n) is 6.56. The maximum atomic E-state index is 8.65. The molecule has 0 fully saturated rings. The zero-order valence-electron chi connectivity index (χ0n) is 10.7. The average Bonchev–Trinajstić information content (AvgIpc) is 2.85. The van der Waals surface area contributed by atoms with Crippen LogP contribution in [0.25, 0.3) is 5.69 Å². The summed E-state index contributed by atoms with van der Waals surface area (Å²) in [5.41, 5.74) is 3.45. The highest BCUT2D eigenvalue weighted by Crippen LogP contribution is 2.31. The van der Waals surface area contributed by atoms with Crippen molar-refractivity contribution in [3.63, 3.8) is 0 Å². The van der Waals surface area contributed by atoms with Crippen molar-refractivity contribution in [1.29, 1.82) is 5.26 Å². The summed E-state index contributed by atoms with van der Waals surface area (Å²) in [5.74, 6) is 0.625. The maximum absolute atomic E-state index is 8.65. The number of benzene rings is 1. The Morgan fingerprint density at radius 3 is 2.79 bits per heavy atom. The molecule has 0 spiro atoms. The average molecular weight is 253 g/mol. The summed E-state index contributed by atoms with van der Waals surface area (Å²) in [6.45, 7) is 0.0538. The first-order chi connectivity index (χ1) is 9.40. The van der Waals surface area contributed by atoms with Gasteiger partial charge in [0.15, 0.2) is 6.61 Å². The van der Waals surface area contributed by atoms with Crippen molar-refractivity contribution in [2.24, 2.45) is 0 Å². The van der Waals surface area contributed by atoms with Crippen LogP contribution in [-0.4, -0.2) is 16.4 Å². The number of hydrogen-bond donors (Lipinski definition) is 0. The summed E-state index contributed by atoms with van der Waals surface area (Å²) in [6.07, 6.45) is 4.36. The predicted molar refractivity (Wildman–Crippen MR) is 71.3 cm³/mol. The quantitative estimate of drug-likeness (QED) is 0.845. The molecule has 1 aromatic carbocycles. The van der Waals surface area contributed by atoms with Crippen molar-refractivity contribution in [2.45, 2.75) is 25.7 Å². The molecule has 1 aliphatic rings. The maximum Gasteiger partial charge on any atom is 0.237 e. The van der Waals surface area contributed by atoms with Crippen LogP contribution < -0.4 is 4.74 Å². The van der Waals surface area contributed by atoms with Crippen LogP contribution in [0.2, 0.25) is 0 Å². The predicted octanol–water partition coefficient (Wildman–Crippen LogP) is 2.65. The number of aromatic nitrogens is 2.